The lowest BCUT2D eigenvalue weighted by Crippen LogP contribution is -2.26. The van der Waals surface area contributed by atoms with Crippen LogP contribution in [0, 0.1) is 11.7 Å². The monoisotopic (exact) mass is 327 g/mol. The Morgan fingerprint density at radius 3 is 3.08 bits per heavy atom. The van der Waals surface area contributed by atoms with Crippen molar-refractivity contribution in [3.8, 4) is 0 Å². The number of carbonyl (C=O) groups excluding carboxylic acids is 1. The number of likely N-dealkylation sites (tertiary alicyclic amines) is 1. The van der Waals surface area contributed by atoms with E-state index in [0.717, 1.165) is 37.3 Å². The Morgan fingerprint density at radius 1 is 1.54 bits per heavy atom. The molecule has 1 aliphatic heterocycles. The van der Waals surface area contributed by atoms with Gasteiger partial charge in [-0.3, -0.25) is 4.79 Å². The number of amides is 1. The smallest absolute Gasteiger partial charge is 0.251 e. The molecule has 0 radical (unpaired) electrons. The van der Waals surface area contributed by atoms with Crippen molar-refractivity contribution in [3.63, 3.8) is 0 Å². The molecule has 3 heterocycles. The molecule has 24 heavy (non-hydrogen) atoms. The fraction of sp³-hybridized carbons (Fsp3) is 0.412. The molecular weight excluding hydrogens is 309 g/mol. The summed E-state index contributed by atoms with van der Waals surface area (Å²) < 4.78 is 15.5. The molecule has 1 amide bonds. The van der Waals surface area contributed by atoms with Gasteiger partial charge >= 0.3 is 0 Å². The average Bonchev–Trinajstić information content (AvgIpc) is 2.90. The molecule has 6 nitrogen and oxygen atoms in total. The van der Waals surface area contributed by atoms with E-state index >= 15 is 0 Å². The van der Waals surface area contributed by atoms with E-state index in [4.69, 9.17) is 5.73 Å². The molecule has 2 aliphatic rings. The molecule has 1 aliphatic carbocycles. The average molecular weight is 327 g/mol. The normalized spacial score (nSPS) is 26.3. The van der Waals surface area contributed by atoms with Gasteiger partial charge < -0.3 is 15.6 Å². The SMILES string of the molecule is CCN1CC2CC2(c2cnn3c2[nH]c2cc(F)cc(C(N)=O)c23)C1. The van der Waals surface area contributed by atoms with Crippen molar-refractivity contribution in [3.05, 3.63) is 35.3 Å². The minimum absolute atomic E-state index is 0.143. The summed E-state index contributed by atoms with van der Waals surface area (Å²) in [5.41, 5.74) is 8.83. The maximum atomic E-state index is 13.8. The minimum atomic E-state index is -0.655. The maximum Gasteiger partial charge on any atom is 0.251 e. The van der Waals surface area contributed by atoms with E-state index in [0.29, 0.717) is 17.0 Å². The number of nitrogens with zero attached hydrogens (tertiary/aromatic N) is 3. The second kappa shape index (κ2) is 4.36. The van der Waals surface area contributed by atoms with Gasteiger partial charge in [0.2, 0.25) is 0 Å². The van der Waals surface area contributed by atoms with Crippen molar-refractivity contribution >= 4 is 22.6 Å². The summed E-state index contributed by atoms with van der Waals surface area (Å²) in [4.78, 5) is 17.4. The first-order chi connectivity index (χ1) is 11.5. The zero-order valence-corrected chi connectivity index (χ0v) is 13.3. The van der Waals surface area contributed by atoms with E-state index < -0.39 is 11.7 Å². The summed E-state index contributed by atoms with van der Waals surface area (Å²) in [6.45, 7) is 5.38. The zero-order chi connectivity index (χ0) is 16.6. The molecule has 0 bridgehead atoms. The van der Waals surface area contributed by atoms with E-state index in [9.17, 15) is 9.18 Å². The van der Waals surface area contributed by atoms with Crippen LogP contribution >= 0.6 is 0 Å². The molecule has 2 fully saturated rings. The number of rotatable bonds is 3. The maximum absolute atomic E-state index is 13.8. The Morgan fingerprint density at radius 2 is 2.38 bits per heavy atom. The lowest BCUT2D eigenvalue weighted by atomic mass is 9.98. The Kier molecular flexibility index (Phi) is 2.54. The third kappa shape index (κ3) is 1.62. The van der Waals surface area contributed by atoms with Crippen molar-refractivity contribution in [2.75, 3.05) is 19.6 Å². The summed E-state index contributed by atoms with van der Waals surface area (Å²) in [6.07, 6.45) is 3.05. The Labute approximate surface area is 137 Å². The number of aromatic amines is 1. The number of nitrogens with one attached hydrogen (secondary N) is 1. The highest BCUT2D eigenvalue weighted by molar-refractivity contribution is 6.05. The summed E-state index contributed by atoms with van der Waals surface area (Å²) in [5, 5.41) is 4.48. The lowest BCUT2D eigenvalue weighted by Gasteiger charge is -2.17. The third-order valence-corrected chi connectivity index (χ3v) is 5.77. The first kappa shape index (κ1) is 14.0. The van der Waals surface area contributed by atoms with Crippen LogP contribution in [0.5, 0.6) is 0 Å². The molecule has 2 unspecified atom stereocenters. The van der Waals surface area contributed by atoms with Crippen LogP contribution in [-0.2, 0) is 5.41 Å². The molecule has 3 N–H and O–H groups in total. The Hall–Kier alpha value is -2.41. The van der Waals surface area contributed by atoms with Crippen LogP contribution in [0.25, 0.3) is 16.7 Å². The molecule has 1 saturated heterocycles. The Balaban J connectivity index is 1.74. The van der Waals surface area contributed by atoms with E-state index in [1.165, 1.54) is 12.1 Å². The van der Waals surface area contributed by atoms with Gasteiger partial charge in [0.1, 0.15) is 17.0 Å². The fourth-order valence-electron chi connectivity index (χ4n) is 4.49. The number of imidazole rings is 1. The number of aromatic nitrogens is 3. The van der Waals surface area contributed by atoms with Crippen LogP contribution < -0.4 is 5.73 Å². The number of halogens is 1. The summed E-state index contributed by atoms with van der Waals surface area (Å²) in [5.74, 6) is -0.481. The summed E-state index contributed by atoms with van der Waals surface area (Å²) >= 11 is 0. The van der Waals surface area contributed by atoms with Gasteiger partial charge in [-0.15, -0.1) is 0 Å². The molecule has 2 aromatic heterocycles. The number of benzene rings is 1. The van der Waals surface area contributed by atoms with Crippen molar-refractivity contribution in [1.82, 2.24) is 19.5 Å². The quantitative estimate of drug-likeness (QED) is 0.767. The first-order valence-electron chi connectivity index (χ1n) is 8.25. The number of hydrogen-bond acceptors (Lipinski definition) is 3. The second-order valence-corrected chi connectivity index (χ2v) is 7.04. The van der Waals surface area contributed by atoms with Crippen LogP contribution in [0.15, 0.2) is 18.3 Å². The number of hydrogen-bond donors (Lipinski definition) is 2. The molecule has 0 spiro atoms. The first-order valence-corrected chi connectivity index (χ1v) is 8.25. The third-order valence-electron chi connectivity index (χ3n) is 5.77. The number of primary amides is 1. The van der Waals surface area contributed by atoms with Crippen molar-refractivity contribution < 1.29 is 9.18 Å². The molecule has 1 aromatic carbocycles. The minimum Gasteiger partial charge on any atom is -0.366 e. The van der Waals surface area contributed by atoms with Gasteiger partial charge in [0.25, 0.3) is 5.91 Å². The fourth-order valence-corrected chi connectivity index (χ4v) is 4.49. The van der Waals surface area contributed by atoms with Crippen LogP contribution in [0.4, 0.5) is 4.39 Å². The predicted octanol–water partition coefficient (Wildman–Crippen LogP) is 1.65. The summed E-state index contributed by atoms with van der Waals surface area (Å²) in [6, 6.07) is 2.56. The summed E-state index contributed by atoms with van der Waals surface area (Å²) in [7, 11) is 0. The number of nitrogens with two attached hydrogens (primary N) is 1. The molecule has 7 heteroatoms. The van der Waals surface area contributed by atoms with Gasteiger partial charge in [-0.1, -0.05) is 6.92 Å². The second-order valence-electron chi connectivity index (χ2n) is 7.04. The highest BCUT2D eigenvalue weighted by Gasteiger charge is 2.61. The van der Waals surface area contributed by atoms with E-state index in [1.807, 2.05) is 6.20 Å². The number of likely N-dealkylation sites (N-methyl/N-ethyl adjacent to an activating group) is 1. The van der Waals surface area contributed by atoms with Crippen LogP contribution in [0.1, 0.15) is 29.3 Å². The van der Waals surface area contributed by atoms with Gasteiger partial charge in [0.15, 0.2) is 0 Å². The van der Waals surface area contributed by atoms with Crippen LogP contribution in [0.2, 0.25) is 0 Å². The van der Waals surface area contributed by atoms with Gasteiger partial charge in [0, 0.05) is 24.1 Å². The van der Waals surface area contributed by atoms with Crippen molar-refractivity contribution in [1.29, 1.82) is 0 Å². The number of fused-ring (bicyclic) bond motifs is 4. The van der Waals surface area contributed by atoms with Crippen molar-refractivity contribution in [2.24, 2.45) is 11.7 Å². The topological polar surface area (TPSA) is 79.4 Å². The lowest BCUT2D eigenvalue weighted by molar-refractivity contribution is 0.100. The molecule has 2 atom stereocenters. The standard InChI is InChI=1S/C17H18FN5O/c1-2-22-7-9-5-17(9,8-22)12-6-20-23-14-11(15(19)24)3-10(18)4-13(14)21-16(12)23/h3-4,6,9,21H,2,5,7-8H2,1H3,(H2,19,24). The molecule has 3 aromatic rings. The van der Waals surface area contributed by atoms with E-state index in [1.54, 1.807) is 4.52 Å². The molecule has 1 saturated carbocycles. The van der Waals surface area contributed by atoms with Crippen LogP contribution in [-0.4, -0.2) is 45.0 Å². The van der Waals surface area contributed by atoms with Crippen LogP contribution in [0.3, 0.4) is 0 Å². The zero-order valence-electron chi connectivity index (χ0n) is 13.3. The van der Waals surface area contributed by atoms with Gasteiger partial charge in [-0.05, 0) is 31.0 Å². The largest absolute Gasteiger partial charge is 0.366 e. The van der Waals surface area contributed by atoms with Gasteiger partial charge in [-0.2, -0.15) is 5.10 Å². The van der Waals surface area contributed by atoms with E-state index in [-0.39, 0.29) is 11.0 Å². The van der Waals surface area contributed by atoms with Gasteiger partial charge in [-0.25, -0.2) is 8.91 Å². The van der Waals surface area contributed by atoms with Crippen molar-refractivity contribution in [2.45, 2.75) is 18.8 Å². The van der Waals surface area contributed by atoms with E-state index in [2.05, 4.69) is 21.9 Å². The molecule has 124 valence electrons. The highest BCUT2D eigenvalue weighted by atomic mass is 19.1. The Bertz CT molecular complexity index is 1010. The highest BCUT2D eigenvalue weighted by Crippen LogP contribution is 2.59. The van der Waals surface area contributed by atoms with Gasteiger partial charge in [0.05, 0.1) is 17.3 Å². The predicted molar refractivity (Wildman–Crippen MR) is 87.4 cm³/mol. The molecular formula is C17H18FN5O. The number of carbonyl (C=O) groups is 1. The number of piperidine rings is 1. The number of H-pyrrole nitrogens is 1. The molecule has 5 rings (SSSR count).